The number of nitrogens with zero attached hydrogens (tertiary/aromatic N) is 1. The molecular weight excluding hydrogens is 715 g/mol. The third-order valence-corrected chi connectivity index (χ3v) is 13.9. The van der Waals surface area contributed by atoms with E-state index in [1.807, 2.05) is 0 Å². The molecule has 0 bridgehead atoms. The maximum absolute atomic E-state index is 6.82. The van der Waals surface area contributed by atoms with Gasteiger partial charge in [-0.25, -0.2) is 0 Å². The molecule has 0 saturated carbocycles. The molecule has 59 heavy (non-hydrogen) atoms. The number of hydrogen-bond donors (Lipinski definition) is 0. The Balaban J connectivity index is 1.08. The van der Waals surface area contributed by atoms with E-state index in [1.54, 1.807) is 0 Å². The van der Waals surface area contributed by atoms with E-state index in [1.165, 1.54) is 78.9 Å². The lowest BCUT2D eigenvalue weighted by Crippen LogP contribution is -2.33. The van der Waals surface area contributed by atoms with Crippen LogP contribution in [0.5, 0.6) is 0 Å². The van der Waals surface area contributed by atoms with Gasteiger partial charge in [-0.15, -0.1) is 0 Å². The number of fused-ring (bicyclic) bond motifs is 8. The van der Waals surface area contributed by atoms with Crippen LogP contribution in [0.25, 0.3) is 66.1 Å². The van der Waals surface area contributed by atoms with Crippen LogP contribution in [-0.2, 0) is 16.2 Å². The van der Waals surface area contributed by atoms with Crippen molar-refractivity contribution in [3.8, 4) is 33.4 Å². The predicted octanol–water partition coefficient (Wildman–Crippen LogP) is 16.2. The Labute approximate surface area is 347 Å². The zero-order chi connectivity index (χ0) is 40.3. The Hall–Kier alpha value is -6.38. The minimum absolute atomic E-state index is 0.0664. The second-order valence-electron chi connectivity index (χ2n) is 18.8. The molecule has 1 aromatic heterocycles. The van der Waals surface area contributed by atoms with E-state index in [2.05, 4.69) is 210 Å². The standard InChI is InChI=1S/C57H49NO/c1-55(2)27-28-56(3,4)51-35-54-47(34-50(51)55)45-26-24-40(33-53(45)59-54)46-30-37-15-10-11-16-38(37)32-52(46)58(41-18-8-7-9-19-41)42-20-14-17-36(29-42)39-23-25-44-43-21-12-13-22-48(43)57(5,6)49(44)31-39/h7-26,29-35H,27-28H2,1-6H3. The summed E-state index contributed by atoms with van der Waals surface area (Å²) in [6.45, 7) is 14.3. The molecule has 0 saturated heterocycles. The van der Waals surface area contributed by atoms with Crippen molar-refractivity contribution in [1.82, 2.24) is 0 Å². The van der Waals surface area contributed by atoms with Crippen molar-refractivity contribution in [2.75, 3.05) is 4.90 Å². The molecule has 2 nitrogen and oxygen atoms in total. The second kappa shape index (κ2) is 12.8. The number of para-hydroxylation sites is 1. The molecule has 8 aromatic carbocycles. The largest absolute Gasteiger partial charge is 0.456 e. The summed E-state index contributed by atoms with van der Waals surface area (Å²) in [6, 6.07) is 60.8. The molecular formula is C57H49NO. The van der Waals surface area contributed by atoms with Gasteiger partial charge in [0.2, 0.25) is 0 Å². The van der Waals surface area contributed by atoms with Gasteiger partial charge in [0, 0.05) is 33.1 Å². The molecule has 0 aliphatic heterocycles. The fourth-order valence-corrected chi connectivity index (χ4v) is 10.4. The fourth-order valence-electron chi connectivity index (χ4n) is 10.4. The zero-order valence-electron chi connectivity index (χ0n) is 34.9. The lowest BCUT2D eigenvalue weighted by Gasteiger charge is -2.41. The van der Waals surface area contributed by atoms with Crippen molar-refractivity contribution < 1.29 is 4.42 Å². The molecule has 0 unspecified atom stereocenters. The van der Waals surface area contributed by atoms with Gasteiger partial charge in [0.25, 0.3) is 0 Å². The lowest BCUT2D eigenvalue weighted by molar-refractivity contribution is 0.332. The first-order valence-corrected chi connectivity index (χ1v) is 21.2. The Bertz CT molecular complexity index is 3140. The van der Waals surface area contributed by atoms with Crippen molar-refractivity contribution in [3.63, 3.8) is 0 Å². The van der Waals surface area contributed by atoms with E-state index in [9.17, 15) is 0 Å². The first-order chi connectivity index (χ1) is 28.5. The van der Waals surface area contributed by atoms with Crippen LogP contribution in [0.4, 0.5) is 17.1 Å². The summed E-state index contributed by atoms with van der Waals surface area (Å²) in [7, 11) is 0. The molecule has 0 atom stereocenters. The topological polar surface area (TPSA) is 16.4 Å². The number of hydrogen-bond acceptors (Lipinski definition) is 2. The normalized spacial score (nSPS) is 15.9. The third kappa shape index (κ3) is 5.60. The van der Waals surface area contributed by atoms with Crippen molar-refractivity contribution in [3.05, 3.63) is 186 Å². The van der Waals surface area contributed by atoms with Gasteiger partial charge in [0.15, 0.2) is 0 Å². The van der Waals surface area contributed by atoms with E-state index in [4.69, 9.17) is 4.42 Å². The molecule has 2 aliphatic rings. The number of rotatable bonds is 5. The summed E-state index contributed by atoms with van der Waals surface area (Å²) in [5, 5.41) is 4.78. The van der Waals surface area contributed by atoms with Gasteiger partial charge in [-0.2, -0.15) is 0 Å². The maximum atomic E-state index is 6.82. The monoisotopic (exact) mass is 763 g/mol. The molecule has 9 aromatic rings. The van der Waals surface area contributed by atoms with Gasteiger partial charge in [0.05, 0.1) is 5.69 Å². The lowest BCUT2D eigenvalue weighted by atomic mass is 9.63. The van der Waals surface area contributed by atoms with Crippen molar-refractivity contribution >= 4 is 49.8 Å². The van der Waals surface area contributed by atoms with Crippen molar-refractivity contribution in [2.24, 2.45) is 0 Å². The van der Waals surface area contributed by atoms with Gasteiger partial charge in [-0.1, -0.05) is 139 Å². The molecule has 0 amide bonds. The summed E-state index contributed by atoms with van der Waals surface area (Å²) < 4.78 is 6.82. The van der Waals surface area contributed by atoms with Crippen LogP contribution >= 0.6 is 0 Å². The van der Waals surface area contributed by atoms with E-state index in [-0.39, 0.29) is 16.2 Å². The summed E-state index contributed by atoms with van der Waals surface area (Å²) in [5.74, 6) is 0. The maximum Gasteiger partial charge on any atom is 0.136 e. The summed E-state index contributed by atoms with van der Waals surface area (Å²) >= 11 is 0. The molecule has 288 valence electrons. The highest BCUT2D eigenvalue weighted by atomic mass is 16.3. The van der Waals surface area contributed by atoms with Crippen LogP contribution in [0.2, 0.25) is 0 Å². The fraction of sp³-hybridized carbons (Fsp3) is 0.193. The molecule has 0 fully saturated rings. The van der Waals surface area contributed by atoms with E-state index in [0.29, 0.717) is 0 Å². The summed E-state index contributed by atoms with van der Waals surface area (Å²) in [5.41, 5.74) is 18.4. The number of benzene rings is 8. The summed E-state index contributed by atoms with van der Waals surface area (Å²) in [4.78, 5) is 2.43. The van der Waals surface area contributed by atoms with Crippen LogP contribution in [0.1, 0.15) is 76.6 Å². The van der Waals surface area contributed by atoms with Crippen LogP contribution < -0.4 is 4.90 Å². The van der Waals surface area contributed by atoms with Gasteiger partial charge in [0.1, 0.15) is 11.2 Å². The van der Waals surface area contributed by atoms with Gasteiger partial charge in [-0.3, -0.25) is 0 Å². The first kappa shape index (κ1) is 35.8. The quantitative estimate of drug-likeness (QED) is 0.174. The van der Waals surface area contributed by atoms with Gasteiger partial charge in [-0.05, 0) is 151 Å². The molecule has 0 radical (unpaired) electrons. The van der Waals surface area contributed by atoms with E-state index in [0.717, 1.165) is 39.4 Å². The smallest absolute Gasteiger partial charge is 0.136 e. The van der Waals surface area contributed by atoms with Gasteiger partial charge >= 0.3 is 0 Å². The average Bonchev–Trinajstić information content (AvgIpc) is 3.73. The Kier molecular flexibility index (Phi) is 7.76. The van der Waals surface area contributed by atoms with Crippen molar-refractivity contribution in [2.45, 2.75) is 70.6 Å². The summed E-state index contributed by atoms with van der Waals surface area (Å²) in [6.07, 6.45) is 2.36. The first-order valence-electron chi connectivity index (χ1n) is 21.2. The Morgan fingerprint density at radius 2 is 1.03 bits per heavy atom. The molecule has 0 spiro atoms. The van der Waals surface area contributed by atoms with Crippen LogP contribution in [0.15, 0.2) is 168 Å². The van der Waals surface area contributed by atoms with Gasteiger partial charge < -0.3 is 9.32 Å². The highest BCUT2D eigenvalue weighted by Gasteiger charge is 2.38. The van der Waals surface area contributed by atoms with Crippen LogP contribution in [0, 0.1) is 0 Å². The second-order valence-corrected chi connectivity index (χ2v) is 18.8. The highest BCUT2D eigenvalue weighted by Crippen LogP contribution is 2.51. The zero-order valence-corrected chi connectivity index (χ0v) is 34.9. The Morgan fingerprint density at radius 3 is 1.83 bits per heavy atom. The SMILES string of the molecule is CC1(C)CCC(C)(C)c2cc3c(cc21)oc1cc(-c2cc4ccccc4cc2N(c2ccccc2)c2cccc(-c4ccc5c(c4)C(C)(C)c4ccccc4-5)c2)ccc13. The highest BCUT2D eigenvalue weighted by molar-refractivity contribution is 6.08. The van der Waals surface area contributed by atoms with Crippen LogP contribution in [-0.4, -0.2) is 0 Å². The number of furan rings is 1. The minimum atomic E-state index is -0.0664. The third-order valence-electron chi connectivity index (χ3n) is 13.9. The van der Waals surface area contributed by atoms with E-state index < -0.39 is 0 Å². The number of anilines is 3. The Morgan fingerprint density at radius 1 is 0.407 bits per heavy atom. The molecule has 0 N–H and O–H groups in total. The van der Waals surface area contributed by atoms with Crippen LogP contribution in [0.3, 0.4) is 0 Å². The molecule has 1 heterocycles. The minimum Gasteiger partial charge on any atom is -0.456 e. The van der Waals surface area contributed by atoms with Crippen molar-refractivity contribution in [1.29, 1.82) is 0 Å². The molecule has 11 rings (SSSR count). The molecule has 2 heteroatoms. The predicted molar refractivity (Wildman–Crippen MR) is 250 cm³/mol. The molecule has 2 aliphatic carbocycles. The average molecular weight is 764 g/mol. The van der Waals surface area contributed by atoms with E-state index >= 15 is 0 Å².